The van der Waals surface area contributed by atoms with Crippen LogP contribution < -0.4 is 0 Å². The van der Waals surface area contributed by atoms with Crippen LogP contribution in [0, 0.1) is 5.92 Å². The molecule has 1 fully saturated rings. The molecular formula is C11H19N3O2. The van der Waals surface area contributed by atoms with Crippen LogP contribution in [-0.2, 0) is 17.7 Å². The molecule has 0 radical (unpaired) electrons. The minimum atomic E-state index is -0.321. The van der Waals surface area contributed by atoms with Gasteiger partial charge in [0.1, 0.15) is 12.2 Å². The van der Waals surface area contributed by atoms with Crippen LogP contribution in [0.3, 0.4) is 0 Å². The molecular weight excluding hydrogens is 206 g/mol. The molecule has 0 aromatic carbocycles. The highest BCUT2D eigenvalue weighted by molar-refractivity contribution is 4.89. The van der Waals surface area contributed by atoms with Gasteiger partial charge in [0.15, 0.2) is 0 Å². The quantitative estimate of drug-likeness (QED) is 0.816. The number of ether oxygens (including phenoxy) is 1. The Balaban J connectivity index is 1.93. The van der Waals surface area contributed by atoms with Crippen LogP contribution in [0.2, 0.25) is 0 Å². The van der Waals surface area contributed by atoms with Crippen molar-refractivity contribution in [3.8, 4) is 0 Å². The maximum atomic E-state index is 10.1. The lowest BCUT2D eigenvalue weighted by molar-refractivity contribution is 0.00735. The van der Waals surface area contributed by atoms with Gasteiger partial charge >= 0.3 is 0 Å². The number of nitrogens with zero attached hydrogens (tertiary/aromatic N) is 3. The zero-order valence-corrected chi connectivity index (χ0v) is 9.67. The third-order valence-electron chi connectivity index (χ3n) is 3.20. The monoisotopic (exact) mass is 225 g/mol. The van der Waals surface area contributed by atoms with Crippen molar-refractivity contribution < 1.29 is 9.84 Å². The maximum Gasteiger partial charge on any atom is 0.138 e. The number of hydrogen-bond acceptors (Lipinski definition) is 4. The lowest BCUT2D eigenvalue weighted by Crippen LogP contribution is -2.29. The molecule has 1 N–H and O–H groups in total. The second-order valence-electron chi connectivity index (χ2n) is 4.21. The number of aryl methyl sites for hydroxylation is 1. The lowest BCUT2D eigenvalue weighted by atomic mass is 9.92. The Bertz CT molecular complexity index is 321. The van der Waals surface area contributed by atoms with Crippen molar-refractivity contribution in [3.05, 3.63) is 12.2 Å². The summed E-state index contributed by atoms with van der Waals surface area (Å²) in [6, 6.07) is 0. The summed E-state index contributed by atoms with van der Waals surface area (Å²) in [5.74, 6) is 1.22. The van der Waals surface area contributed by atoms with Gasteiger partial charge in [-0.15, -0.1) is 0 Å². The zero-order valence-electron chi connectivity index (χ0n) is 9.67. The SMILES string of the molecule is CCn1ncnc1CC(O)C1CCOCC1. The van der Waals surface area contributed by atoms with Crippen LogP contribution in [0.25, 0.3) is 0 Å². The molecule has 5 heteroatoms. The van der Waals surface area contributed by atoms with E-state index in [4.69, 9.17) is 4.74 Å². The van der Waals surface area contributed by atoms with Gasteiger partial charge in [-0.05, 0) is 25.7 Å². The maximum absolute atomic E-state index is 10.1. The van der Waals surface area contributed by atoms with E-state index in [-0.39, 0.29) is 6.10 Å². The summed E-state index contributed by atoms with van der Waals surface area (Å²) in [6.07, 6.45) is 3.72. The molecule has 1 aliphatic heterocycles. The molecule has 2 heterocycles. The fourth-order valence-corrected chi connectivity index (χ4v) is 2.16. The molecule has 0 spiro atoms. The summed E-state index contributed by atoms with van der Waals surface area (Å²) in [4.78, 5) is 4.18. The van der Waals surface area contributed by atoms with Crippen molar-refractivity contribution in [3.63, 3.8) is 0 Å². The van der Waals surface area contributed by atoms with Crippen LogP contribution in [-0.4, -0.2) is 39.2 Å². The third kappa shape index (κ3) is 2.59. The Labute approximate surface area is 95.4 Å². The van der Waals surface area contributed by atoms with Crippen LogP contribution in [0.4, 0.5) is 0 Å². The number of hydrogen-bond donors (Lipinski definition) is 1. The highest BCUT2D eigenvalue weighted by atomic mass is 16.5. The highest BCUT2D eigenvalue weighted by Crippen LogP contribution is 2.20. The smallest absolute Gasteiger partial charge is 0.138 e. The first-order valence-electron chi connectivity index (χ1n) is 5.93. The van der Waals surface area contributed by atoms with E-state index in [0.717, 1.165) is 38.4 Å². The summed E-state index contributed by atoms with van der Waals surface area (Å²) in [5, 5.41) is 14.2. The molecule has 1 aromatic rings. The van der Waals surface area contributed by atoms with Gasteiger partial charge in [-0.25, -0.2) is 4.98 Å². The third-order valence-corrected chi connectivity index (χ3v) is 3.20. The average molecular weight is 225 g/mol. The lowest BCUT2D eigenvalue weighted by Gasteiger charge is -2.26. The molecule has 5 nitrogen and oxygen atoms in total. The second kappa shape index (κ2) is 5.41. The normalized spacial score (nSPS) is 19.9. The van der Waals surface area contributed by atoms with E-state index in [0.29, 0.717) is 12.3 Å². The number of aromatic nitrogens is 3. The van der Waals surface area contributed by atoms with E-state index in [2.05, 4.69) is 10.1 Å². The fourth-order valence-electron chi connectivity index (χ4n) is 2.16. The average Bonchev–Trinajstić information content (AvgIpc) is 2.77. The van der Waals surface area contributed by atoms with Crippen LogP contribution in [0.15, 0.2) is 6.33 Å². The van der Waals surface area contributed by atoms with Gasteiger partial charge in [-0.2, -0.15) is 5.10 Å². The van der Waals surface area contributed by atoms with E-state index in [1.165, 1.54) is 0 Å². The first kappa shape index (κ1) is 11.5. The molecule has 0 amide bonds. The Kier molecular flexibility index (Phi) is 3.90. The van der Waals surface area contributed by atoms with Gasteiger partial charge in [0.25, 0.3) is 0 Å². The van der Waals surface area contributed by atoms with Gasteiger partial charge in [0.2, 0.25) is 0 Å². The van der Waals surface area contributed by atoms with Gasteiger partial charge in [0.05, 0.1) is 6.10 Å². The van der Waals surface area contributed by atoms with E-state index >= 15 is 0 Å². The van der Waals surface area contributed by atoms with Crippen molar-refractivity contribution in [1.82, 2.24) is 14.8 Å². The number of aliphatic hydroxyl groups excluding tert-OH is 1. The minimum Gasteiger partial charge on any atom is -0.392 e. The van der Waals surface area contributed by atoms with E-state index in [1.54, 1.807) is 6.33 Å². The molecule has 0 bridgehead atoms. The van der Waals surface area contributed by atoms with Crippen molar-refractivity contribution in [2.75, 3.05) is 13.2 Å². The van der Waals surface area contributed by atoms with Gasteiger partial charge in [0, 0.05) is 26.2 Å². The first-order valence-corrected chi connectivity index (χ1v) is 5.93. The minimum absolute atomic E-state index is 0.321. The molecule has 1 saturated heterocycles. The Morgan fingerprint density at radius 2 is 2.31 bits per heavy atom. The number of aliphatic hydroxyl groups is 1. The van der Waals surface area contributed by atoms with Crippen molar-refractivity contribution in [2.45, 2.75) is 38.8 Å². The standard InChI is InChI=1S/C11H19N3O2/c1-2-14-11(12-8-13-14)7-10(15)9-3-5-16-6-4-9/h8-10,15H,2-7H2,1H3. The van der Waals surface area contributed by atoms with Crippen LogP contribution in [0.1, 0.15) is 25.6 Å². The summed E-state index contributed by atoms with van der Waals surface area (Å²) in [7, 11) is 0. The largest absolute Gasteiger partial charge is 0.392 e. The van der Waals surface area contributed by atoms with E-state index in [9.17, 15) is 5.11 Å². The predicted octanol–water partition coefficient (Wildman–Crippen LogP) is 0.628. The molecule has 0 aliphatic carbocycles. The van der Waals surface area contributed by atoms with Gasteiger partial charge in [-0.3, -0.25) is 4.68 Å². The molecule has 1 unspecified atom stereocenters. The molecule has 1 aromatic heterocycles. The molecule has 0 saturated carbocycles. The van der Waals surface area contributed by atoms with Crippen LogP contribution in [0.5, 0.6) is 0 Å². The van der Waals surface area contributed by atoms with Crippen molar-refractivity contribution in [1.29, 1.82) is 0 Å². The first-order chi connectivity index (χ1) is 7.81. The molecule has 2 rings (SSSR count). The summed E-state index contributed by atoms with van der Waals surface area (Å²) in [5.41, 5.74) is 0. The molecule has 1 aliphatic rings. The highest BCUT2D eigenvalue weighted by Gasteiger charge is 2.23. The van der Waals surface area contributed by atoms with E-state index in [1.807, 2.05) is 11.6 Å². The van der Waals surface area contributed by atoms with Gasteiger partial charge < -0.3 is 9.84 Å². The Hall–Kier alpha value is -0.940. The molecule has 16 heavy (non-hydrogen) atoms. The van der Waals surface area contributed by atoms with Crippen LogP contribution >= 0.6 is 0 Å². The topological polar surface area (TPSA) is 60.2 Å². The number of rotatable bonds is 4. The zero-order chi connectivity index (χ0) is 11.4. The fraction of sp³-hybridized carbons (Fsp3) is 0.818. The second-order valence-corrected chi connectivity index (χ2v) is 4.21. The molecule has 90 valence electrons. The summed E-state index contributed by atoms with van der Waals surface area (Å²) >= 11 is 0. The summed E-state index contributed by atoms with van der Waals surface area (Å²) < 4.78 is 7.12. The Morgan fingerprint density at radius 1 is 1.56 bits per heavy atom. The summed E-state index contributed by atoms with van der Waals surface area (Å²) in [6.45, 7) is 4.36. The van der Waals surface area contributed by atoms with Crippen molar-refractivity contribution in [2.24, 2.45) is 5.92 Å². The predicted molar refractivity (Wildman–Crippen MR) is 58.9 cm³/mol. The van der Waals surface area contributed by atoms with Gasteiger partial charge in [-0.1, -0.05) is 0 Å². The van der Waals surface area contributed by atoms with E-state index < -0.39 is 0 Å². The Morgan fingerprint density at radius 3 is 3.00 bits per heavy atom. The molecule has 1 atom stereocenters. The van der Waals surface area contributed by atoms with Crippen molar-refractivity contribution >= 4 is 0 Å².